The SMILES string of the molecule is Cc1c(C)c(C)n2c(/C=N\N(C)S(C)(=O)=O)cnc2c1C.Cc1c(C)c(C)n2c(C=O)cnc2c1C.Cc1c(C)c(C)n2c(C=O)cnc2c1C.Cc1nc(N)c(C)c(C)c1C.I. The zero-order chi connectivity index (χ0) is 46.9. The Morgan fingerprint density at radius 3 is 1.17 bits per heavy atom. The number of hydrazone groups is 1. The molecule has 7 rings (SSSR count). The highest BCUT2D eigenvalue weighted by Gasteiger charge is 2.16. The summed E-state index contributed by atoms with van der Waals surface area (Å²) in [6.07, 6.45) is 9.28. The Bertz CT molecular complexity index is 2900. The van der Waals surface area contributed by atoms with Gasteiger partial charge in [-0.05, 0) is 178 Å². The third-order valence-electron chi connectivity index (χ3n) is 12.8. The molecule has 0 saturated carbocycles. The molecule has 63 heavy (non-hydrogen) atoms. The van der Waals surface area contributed by atoms with Gasteiger partial charge in [0.15, 0.2) is 12.6 Å². The minimum atomic E-state index is -3.34. The Kier molecular flexibility index (Phi) is 16.7. The summed E-state index contributed by atoms with van der Waals surface area (Å²) in [5.41, 5.74) is 29.0. The van der Waals surface area contributed by atoms with Crippen LogP contribution in [-0.2, 0) is 10.0 Å². The number of hydrogen-bond donors (Lipinski definition) is 1. The first-order valence-electron chi connectivity index (χ1n) is 20.2. The van der Waals surface area contributed by atoms with Crippen LogP contribution in [0.25, 0.3) is 16.9 Å². The summed E-state index contributed by atoms with van der Waals surface area (Å²) < 4.78 is 29.5. The number of aldehydes is 2. The van der Waals surface area contributed by atoms with E-state index in [4.69, 9.17) is 5.73 Å². The smallest absolute Gasteiger partial charge is 0.246 e. The molecule has 0 aliphatic carbocycles. The van der Waals surface area contributed by atoms with Gasteiger partial charge in [0.1, 0.15) is 34.1 Å². The number of pyridine rings is 4. The third-order valence-corrected chi connectivity index (χ3v) is 13.9. The summed E-state index contributed by atoms with van der Waals surface area (Å²) in [6.45, 7) is 32.8. The number of hydrogen-bond acceptors (Lipinski definition) is 10. The van der Waals surface area contributed by atoms with Crippen molar-refractivity contribution in [2.24, 2.45) is 5.10 Å². The van der Waals surface area contributed by atoms with Crippen LogP contribution in [0, 0.1) is 111 Å². The quantitative estimate of drug-likeness (QED) is 0.0764. The summed E-state index contributed by atoms with van der Waals surface area (Å²) in [6, 6.07) is 0. The highest BCUT2D eigenvalue weighted by molar-refractivity contribution is 14.0. The first-order valence-corrected chi connectivity index (χ1v) is 22.1. The highest BCUT2D eigenvalue weighted by atomic mass is 127. The molecule has 0 atom stereocenters. The molecule has 0 amide bonds. The number of carbonyl (C=O) groups excluding carboxylic acids is 2. The van der Waals surface area contributed by atoms with Crippen LogP contribution in [-0.4, -0.2) is 78.1 Å². The van der Waals surface area contributed by atoms with Crippen molar-refractivity contribution in [1.82, 2.24) is 37.6 Å². The minimum Gasteiger partial charge on any atom is -0.383 e. The Hall–Kier alpha value is -5.49. The monoisotopic (exact) mass is 990 g/mol. The van der Waals surface area contributed by atoms with Crippen LogP contribution in [0.1, 0.15) is 116 Å². The summed E-state index contributed by atoms with van der Waals surface area (Å²) in [7, 11) is -1.93. The second-order valence-corrected chi connectivity index (χ2v) is 18.0. The summed E-state index contributed by atoms with van der Waals surface area (Å²) in [5, 5.41) is 3.97. The number of nitrogens with zero attached hydrogens (tertiary/aromatic N) is 9. The number of rotatable bonds is 5. The predicted octanol–water partition coefficient (Wildman–Crippen LogP) is 9.07. The van der Waals surface area contributed by atoms with Gasteiger partial charge >= 0.3 is 0 Å². The normalized spacial score (nSPS) is 11.1. The highest BCUT2D eigenvalue weighted by Crippen LogP contribution is 2.25. The Balaban J connectivity index is 0.000000228. The lowest BCUT2D eigenvalue weighted by Gasteiger charge is -2.13. The molecule has 7 aromatic rings. The fourth-order valence-electron chi connectivity index (χ4n) is 7.19. The number of imidazole rings is 3. The number of fused-ring (bicyclic) bond motifs is 3. The van der Waals surface area contributed by atoms with Gasteiger partial charge in [-0.3, -0.25) is 22.8 Å². The van der Waals surface area contributed by atoms with E-state index in [0.717, 1.165) is 90.9 Å². The second-order valence-electron chi connectivity index (χ2n) is 16.0. The van der Waals surface area contributed by atoms with E-state index in [1.807, 2.05) is 68.6 Å². The van der Waals surface area contributed by atoms with Crippen LogP contribution in [0.4, 0.5) is 5.82 Å². The van der Waals surface area contributed by atoms with Crippen molar-refractivity contribution >= 4 is 75.5 Å². The molecule has 338 valence electrons. The van der Waals surface area contributed by atoms with Crippen molar-refractivity contribution in [3.05, 3.63) is 125 Å². The number of aromatic nitrogens is 7. The predicted molar refractivity (Wildman–Crippen MR) is 266 cm³/mol. The molecule has 0 bridgehead atoms. The Labute approximate surface area is 389 Å². The fourth-order valence-corrected chi connectivity index (χ4v) is 7.41. The topological polar surface area (TPSA) is 175 Å². The van der Waals surface area contributed by atoms with E-state index in [-0.39, 0.29) is 24.0 Å². The molecule has 0 aromatic carbocycles. The molecule has 2 N–H and O–H groups in total. The molecule has 0 fully saturated rings. The molecular weight excluding hydrogens is 928 g/mol. The van der Waals surface area contributed by atoms with Gasteiger partial charge in [-0.2, -0.15) is 9.52 Å². The van der Waals surface area contributed by atoms with Gasteiger partial charge in [0.05, 0.1) is 36.8 Å². The van der Waals surface area contributed by atoms with Crippen LogP contribution < -0.4 is 5.73 Å². The first kappa shape index (κ1) is 51.9. The van der Waals surface area contributed by atoms with E-state index < -0.39 is 10.0 Å². The van der Waals surface area contributed by atoms with Gasteiger partial charge < -0.3 is 5.73 Å². The molecular formula is C47H63IN10O4S. The van der Waals surface area contributed by atoms with E-state index >= 15 is 0 Å². The van der Waals surface area contributed by atoms with Crippen molar-refractivity contribution < 1.29 is 18.0 Å². The van der Waals surface area contributed by atoms with Crippen LogP contribution in [0.2, 0.25) is 0 Å². The molecule has 7 aromatic heterocycles. The number of carbonyl (C=O) groups is 2. The van der Waals surface area contributed by atoms with Crippen molar-refractivity contribution in [3.8, 4) is 0 Å². The summed E-state index contributed by atoms with van der Waals surface area (Å²) in [5.74, 6) is 0.658. The zero-order valence-corrected chi connectivity index (χ0v) is 43.2. The molecule has 16 heteroatoms. The number of halogens is 1. The summed E-state index contributed by atoms with van der Waals surface area (Å²) >= 11 is 0. The third kappa shape index (κ3) is 10.2. The van der Waals surface area contributed by atoms with Gasteiger partial charge in [0.2, 0.25) is 10.0 Å². The van der Waals surface area contributed by atoms with Gasteiger partial charge in [0.25, 0.3) is 0 Å². The number of nitrogens with two attached hydrogens (primary N) is 1. The van der Waals surface area contributed by atoms with E-state index in [0.29, 0.717) is 17.2 Å². The molecule has 0 unspecified atom stereocenters. The first-order chi connectivity index (χ1) is 28.8. The number of nitrogen functional groups attached to an aromatic ring is 1. The van der Waals surface area contributed by atoms with E-state index in [9.17, 15) is 18.0 Å². The lowest BCUT2D eigenvalue weighted by atomic mass is 10.0. The molecule has 0 radical (unpaired) electrons. The number of aryl methyl sites for hydroxylation is 7. The molecule has 0 aliphatic heterocycles. The number of anilines is 1. The lowest BCUT2D eigenvalue weighted by Crippen LogP contribution is -2.19. The van der Waals surface area contributed by atoms with Gasteiger partial charge in [-0.15, -0.1) is 24.0 Å². The maximum atomic E-state index is 11.4. The van der Waals surface area contributed by atoms with E-state index in [2.05, 4.69) is 80.4 Å². The Morgan fingerprint density at radius 2 is 0.841 bits per heavy atom. The fraction of sp³-hybridized carbons (Fsp3) is 0.383. The maximum Gasteiger partial charge on any atom is 0.246 e. The zero-order valence-electron chi connectivity index (χ0n) is 40.0. The lowest BCUT2D eigenvalue weighted by molar-refractivity contribution is 0.111. The van der Waals surface area contributed by atoms with Crippen LogP contribution in [0.5, 0.6) is 0 Å². The van der Waals surface area contributed by atoms with E-state index in [1.165, 1.54) is 57.8 Å². The van der Waals surface area contributed by atoms with Crippen LogP contribution in [0.15, 0.2) is 23.7 Å². The molecule has 0 aliphatic rings. The summed E-state index contributed by atoms with van der Waals surface area (Å²) in [4.78, 5) is 39.0. The molecule has 0 saturated heterocycles. The molecule has 7 heterocycles. The molecule has 14 nitrogen and oxygen atoms in total. The average molecular weight is 991 g/mol. The van der Waals surface area contributed by atoms with Gasteiger partial charge in [0, 0.05) is 29.8 Å². The van der Waals surface area contributed by atoms with Crippen molar-refractivity contribution in [3.63, 3.8) is 0 Å². The van der Waals surface area contributed by atoms with Crippen molar-refractivity contribution in [2.45, 2.75) is 111 Å². The second kappa shape index (κ2) is 20.3. The van der Waals surface area contributed by atoms with Crippen molar-refractivity contribution in [1.29, 1.82) is 0 Å². The van der Waals surface area contributed by atoms with Gasteiger partial charge in [-0.1, -0.05) is 0 Å². The van der Waals surface area contributed by atoms with Crippen LogP contribution in [0.3, 0.4) is 0 Å². The average Bonchev–Trinajstić information content (AvgIpc) is 4.00. The molecule has 0 spiro atoms. The van der Waals surface area contributed by atoms with Crippen molar-refractivity contribution in [2.75, 3.05) is 19.0 Å². The Morgan fingerprint density at radius 1 is 0.524 bits per heavy atom. The standard InChI is InChI=1S/C14H20N4O2S.2C12H14N2O.C9H14N2.HI/c1-9-10(2)12(4)18-13(7-15-14(18)11(9)3)8-16-17(5)21(6,19)20;2*1-7-8(2)10(4)14-11(6-15)5-13-12(14)9(7)3;1-5-6(2)8(4)11-9(10)7(5)3;/h7-8H,1-6H3;2*5-6H,1-4H3;1-4H3,(H2,10,11);1H/b16-8-;;;;. The van der Waals surface area contributed by atoms with E-state index in [1.54, 1.807) is 18.6 Å². The number of sulfonamides is 1. The maximum absolute atomic E-state index is 11.4. The van der Waals surface area contributed by atoms with Crippen LogP contribution >= 0.6 is 24.0 Å². The largest absolute Gasteiger partial charge is 0.383 e. The minimum absolute atomic E-state index is 0. The van der Waals surface area contributed by atoms with Gasteiger partial charge in [-0.25, -0.2) is 28.4 Å².